The lowest BCUT2D eigenvalue weighted by molar-refractivity contribution is 0.0697. The zero-order chi connectivity index (χ0) is 17.7. The highest BCUT2D eigenvalue weighted by Gasteiger charge is 2.12. The topological polar surface area (TPSA) is 110 Å². The first-order chi connectivity index (χ1) is 11.4. The second-order valence-electron chi connectivity index (χ2n) is 5.78. The van der Waals surface area contributed by atoms with Crippen molar-refractivity contribution >= 4 is 5.97 Å². The summed E-state index contributed by atoms with van der Waals surface area (Å²) in [4.78, 5) is 10.8. The molecule has 2 aromatic carbocycles. The van der Waals surface area contributed by atoms with Crippen molar-refractivity contribution < 1.29 is 25.2 Å². The molecule has 2 unspecified atom stereocenters. The molecule has 6 heteroatoms. The molecule has 2 aromatic rings. The number of aliphatic hydroxyl groups excluding tert-OH is 1. The van der Waals surface area contributed by atoms with Crippen molar-refractivity contribution in [3.8, 4) is 11.5 Å². The molecule has 0 aromatic heterocycles. The van der Waals surface area contributed by atoms with Crippen LogP contribution in [-0.4, -0.2) is 39.0 Å². The van der Waals surface area contributed by atoms with E-state index in [1.807, 2.05) is 6.92 Å². The van der Waals surface area contributed by atoms with Crippen LogP contribution in [0.25, 0.3) is 0 Å². The van der Waals surface area contributed by atoms with Crippen molar-refractivity contribution in [3.63, 3.8) is 0 Å². The Morgan fingerprint density at radius 3 is 2.33 bits per heavy atom. The summed E-state index contributed by atoms with van der Waals surface area (Å²) in [5.41, 5.74) is 1.76. The zero-order valence-corrected chi connectivity index (χ0v) is 13.3. The Balaban J connectivity index is 1.86. The van der Waals surface area contributed by atoms with E-state index in [0.717, 1.165) is 5.56 Å². The number of rotatable bonds is 7. The number of phenols is 2. The maximum absolute atomic E-state index is 10.8. The molecule has 0 radical (unpaired) electrons. The minimum atomic E-state index is -0.951. The first kappa shape index (κ1) is 17.8. The average Bonchev–Trinajstić information content (AvgIpc) is 2.55. The number of carboxylic acids is 1. The van der Waals surface area contributed by atoms with E-state index >= 15 is 0 Å². The van der Waals surface area contributed by atoms with Crippen LogP contribution in [0.1, 0.15) is 34.5 Å². The van der Waals surface area contributed by atoms with Crippen LogP contribution in [0.5, 0.6) is 11.5 Å². The molecule has 5 N–H and O–H groups in total. The third-order valence-corrected chi connectivity index (χ3v) is 3.79. The lowest BCUT2D eigenvalue weighted by atomic mass is 10.0. The van der Waals surface area contributed by atoms with Gasteiger partial charge in [0.05, 0.1) is 11.7 Å². The van der Waals surface area contributed by atoms with E-state index in [1.54, 1.807) is 30.3 Å². The van der Waals surface area contributed by atoms with E-state index in [0.29, 0.717) is 18.5 Å². The van der Waals surface area contributed by atoms with Gasteiger partial charge in [0, 0.05) is 12.6 Å². The first-order valence-corrected chi connectivity index (χ1v) is 7.62. The number of aromatic carboxylic acids is 1. The number of hydrogen-bond acceptors (Lipinski definition) is 5. The minimum absolute atomic E-state index is 0.0704. The number of carboxylic acid groups (broad SMARTS) is 1. The van der Waals surface area contributed by atoms with Crippen molar-refractivity contribution in [1.29, 1.82) is 0 Å². The summed E-state index contributed by atoms with van der Waals surface area (Å²) in [5, 5.41) is 40.9. The predicted octanol–water partition coefficient (Wildman–Crippen LogP) is 2.05. The molecule has 0 bridgehead atoms. The van der Waals surface area contributed by atoms with Crippen LogP contribution in [0, 0.1) is 0 Å². The van der Waals surface area contributed by atoms with Gasteiger partial charge in [-0.2, -0.15) is 0 Å². The molecule has 0 heterocycles. The van der Waals surface area contributed by atoms with Crippen molar-refractivity contribution in [2.75, 3.05) is 6.54 Å². The van der Waals surface area contributed by atoms with Gasteiger partial charge in [0.15, 0.2) is 11.5 Å². The molecule has 0 aliphatic heterocycles. The molecule has 128 valence electrons. The molecule has 0 aliphatic carbocycles. The third-order valence-electron chi connectivity index (χ3n) is 3.79. The Hall–Kier alpha value is -2.57. The number of aliphatic hydroxyl groups is 1. The summed E-state index contributed by atoms with van der Waals surface area (Å²) in [5.74, 6) is -1.44. The van der Waals surface area contributed by atoms with Gasteiger partial charge in [-0.3, -0.25) is 0 Å². The van der Waals surface area contributed by atoms with Crippen molar-refractivity contribution in [1.82, 2.24) is 5.32 Å². The van der Waals surface area contributed by atoms with Crippen LogP contribution in [-0.2, 0) is 6.42 Å². The smallest absolute Gasteiger partial charge is 0.335 e. The molecule has 0 spiro atoms. The van der Waals surface area contributed by atoms with Crippen molar-refractivity contribution in [2.24, 2.45) is 0 Å². The molecule has 0 saturated carbocycles. The molecular weight excluding hydrogens is 310 g/mol. The summed E-state index contributed by atoms with van der Waals surface area (Å²) >= 11 is 0. The number of hydrogen-bond donors (Lipinski definition) is 5. The van der Waals surface area contributed by atoms with Crippen LogP contribution in [0.4, 0.5) is 0 Å². The van der Waals surface area contributed by atoms with Crippen LogP contribution in [0.15, 0.2) is 42.5 Å². The number of phenolic OH excluding ortho intramolecular Hbond substituents is 2. The molecule has 0 aliphatic rings. The Bertz CT molecular complexity index is 699. The normalized spacial score (nSPS) is 13.4. The van der Waals surface area contributed by atoms with Gasteiger partial charge < -0.3 is 25.7 Å². The second-order valence-corrected chi connectivity index (χ2v) is 5.78. The highest BCUT2D eigenvalue weighted by Crippen LogP contribution is 2.27. The van der Waals surface area contributed by atoms with E-state index in [4.69, 9.17) is 5.11 Å². The molecule has 0 amide bonds. The predicted molar refractivity (Wildman–Crippen MR) is 89.3 cm³/mol. The van der Waals surface area contributed by atoms with Gasteiger partial charge in [-0.1, -0.05) is 18.2 Å². The summed E-state index contributed by atoms with van der Waals surface area (Å²) in [7, 11) is 0. The van der Waals surface area contributed by atoms with Crippen LogP contribution in [0.3, 0.4) is 0 Å². The molecule has 0 saturated heterocycles. The SMILES string of the molecule is CC(Cc1ccc(C(=O)O)cc1)NCC(O)c1ccc(O)c(O)c1. The van der Waals surface area contributed by atoms with E-state index in [2.05, 4.69) is 5.32 Å². The maximum atomic E-state index is 10.8. The van der Waals surface area contributed by atoms with Gasteiger partial charge in [-0.05, 0) is 48.7 Å². The fourth-order valence-corrected chi connectivity index (χ4v) is 2.39. The van der Waals surface area contributed by atoms with E-state index < -0.39 is 12.1 Å². The zero-order valence-electron chi connectivity index (χ0n) is 13.3. The fourth-order valence-electron chi connectivity index (χ4n) is 2.39. The Kier molecular flexibility index (Phi) is 5.78. The first-order valence-electron chi connectivity index (χ1n) is 7.62. The fraction of sp³-hybridized carbons (Fsp3) is 0.278. The number of nitrogens with one attached hydrogen (secondary N) is 1. The number of aromatic hydroxyl groups is 2. The summed E-state index contributed by atoms with van der Waals surface area (Å²) in [6, 6.07) is 11.0. The summed E-state index contributed by atoms with van der Waals surface area (Å²) in [6.07, 6.45) is -0.124. The van der Waals surface area contributed by atoms with Gasteiger partial charge in [0.1, 0.15) is 0 Å². The molecule has 6 nitrogen and oxygen atoms in total. The maximum Gasteiger partial charge on any atom is 0.335 e. The van der Waals surface area contributed by atoms with Gasteiger partial charge in [0.2, 0.25) is 0 Å². The standard InChI is InChI=1S/C18H21NO5/c1-11(8-12-2-4-13(5-3-12)18(23)24)19-10-17(22)14-6-7-15(20)16(21)9-14/h2-7,9,11,17,19-22H,8,10H2,1H3,(H,23,24). The third kappa shape index (κ3) is 4.71. The van der Waals surface area contributed by atoms with Crippen LogP contribution in [0.2, 0.25) is 0 Å². The lowest BCUT2D eigenvalue weighted by Crippen LogP contribution is -2.32. The van der Waals surface area contributed by atoms with Gasteiger partial charge in [0.25, 0.3) is 0 Å². The lowest BCUT2D eigenvalue weighted by Gasteiger charge is -2.18. The average molecular weight is 331 g/mol. The van der Waals surface area contributed by atoms with Crippen molar-refractivity contribution in [3.05, 3.63) is 59.2 Å². The largest absolute Gasteiger partial charge is 0.504 e. The van der Waals surface area contributed by atoms with E-state index in [-0.39, 0.29) is 23.1 Å². The van der Waals surface area contributed by atoms with Gasteiger partial charge >= 0.3 is 5.97 Å². The molecule has 2 atom stereocenters. The number of carbonyl (C=O) groups is 1. The Morgan fingerprint density at radius 1 is 1.08 bits per heavy atom. The Morgan fingerprint density at radius 2 is 1.75 bits per heavy atom. The minimum Gasteiger partial charge on any atom is -0.504 e. The summed E-state index contributed by atoms with van der Waals surface area (Å²) in [6.45, 7) is 2.25. The quantitative estimate of drug-likeness (QED) is 0.497. The monoisotopic (exact) mass is 331 g/mol. The van der Waals surface area contributed by atoms with Gasteiger partial charge in [-0.15, -0.1) is 0 Å². The second kappa shape index (κ2) is 7.81. The highest BCUT2D eigenvalue weighted by molar-refractivity contribution is 5.87. The van der Waals surface area contributed by atoms with Crippen LogP contribution >= 0.6 is 0 Å². The van der Waals surface area contributed by atoms with E-state index in [9.17, 15) is 20.1 Å². The van der Waals surface area contributed by atoms with Crippen molar-refractivity contribution in [2.45, 2.75) is 25.5 Å². The van der Waals surface area contributed by atoms with Gasteiger partial charge in [-0.25, -0.2) is 4.79 Å². The molecule has 2 rings (SSSR count). The molecule has 0 fully saturated rings. The summed E-state index contributed by atoms with van der Waals surface area (Å²) < 4.78 is 0. The highest BCUT2D eigenvalue weighted by atomic mass is 16.4. The number of benzene rings is 2. The Labute approximate surface area is 140 Å². The molecular formula is C18H21NO5. The van der Waals surface area contributed by atoms with Crippen LogP contribution < -0.4 is 5.32 Å². The molecule has 24 heavy (non-hydrogen) atoms. The van der Waals surface area contributed by atoms with E-state index in [1.165, 1.54) is 12.1 Å².